The van der Waals surface area contributed by atoms with E-state index in [2.05, 4.69) is 9.97 Å². The SMILES string of the molecule is Nc1ncn(C2OC(CO)C(O)C2(N)O)c(=O)n1. The van der Waals surface area contributed by atoms with E-state index in [-0.39, 0.29) is 5.95 Å². The molecule has 4 unspecified atom stereocenters. The van der Waals surface area contributed by atoms with Gasteiger partial charge in [0.05, 0.1) is 6.61 Å². The van der Waals surface area contributed by atoms with Gasteiger partial charge in [-0.1, -0.05) is 0 Å². The van der Waals surface area contributed by atoms with Gasteiger partial charge in [-0.3, -0.25) is 10.3 Å². The van der Waals surface area contributed by atoms with Crippen LogP contribution in [0, 0.1) is 0 Å². The van der Waals surface area contributed by atoms with Crippen molar-refractivity contribution in [3.05, 3.63) is 16.8 Å². The number of nitrogens with two attached hydrogens (primary N) is 2. The van der Waals surface area contributed by atoms with Crippen LogP contribution in [0.2, 0.25) is 0 Å². The summed E-state index contributed by atoms with van der Waals surface area (Å²) in [7, 11) is 0. The van der Waals surface area contributed by atoms with Crippen LogP contribution in [0.3, 0.4) is 0 Å². The number of aromatic nitrogens is 3. The highest BCUT2D eigenvalue weighted by atomic mass is 16.6. The average molecular weight is 259 g/mol. The van der Waals surface area contributed by atoms with Gasteiger partial charge in [-0.05, 0) is 0 Å². The smallest absolute Gasteiger partial charge is 0.354 e. The topological polar surface area (TPSA) is 170 Å². The number of nitrogens with zero attached hydrogens (tertiary/aromatic N) is 3. The van der Waals surface area contributed by atoms with Gasteiger partial charge in [-0.15, -0.1) is 0 Å². The summed E-state index contributed by atoms with van der Waals surface area (Å²) in [5, 5.41) is 28.5. The normalized spacial score (nSPS) is 35.9. The Bertz CT molecular complexity index is 503. The fourth-order valence-electron chi connectivity index (χ4n) is 1.74. The van der Waals surface area contributed by atoms with E-state index in [4.69, 9.17) is 21.3 Å². The van der Waals surface area contributed by atoms with Crippen LogP contribution in [0.15, 0.2) is 11.1 Å². The minimum absolute atomic E-state index is 0.242. The molecule has 1 aliphatic rings. The molecule has 0 aromatic carbocycles. The van der Waals surface area contributed by atoms with Crippen LogP contribution in [0.5, 0.6) is 0 Å². The maximum atomic E-state index is 11.6. The predicted octanol–water partition coefficient (Wildman–Crippen LogP) is -3.88. The lowest BCUT2D eigenvalue weighted by Gasteiger charge is -2.26. The number of hydrogen-bond donors (Lipinski definition) is 5. The average Bonchev–Trinajstić information content (AvgIpc) is 2.52. The van der Waals surface area contributed by atoms with Gasteiger partial charge >= 0.3 is 5.69 Å². The molecule has 100 valence electrons. The Morgan fingerprint density at radius 3 is 2.78 bits per heavy atom. The Hall–Kier alpha value is -1.59. The molecule has 1 aromatic heterocycles. The first-order valence-corrected chi connectivity index (χ1v) is 5.04. The van der Waals surface area contributed by atoms with E-state index >= 15 is 0 Å². The highest BCUT2D eigenvalue weighted by Gasteiger charge is 2.54. The molecule has 0 saturated carbocycles. The van der Waals surface area contributed by atoms with E-state index in [0.29, 0.717) is 0 Å². The molecular formula is C8H13N5O5. The molecule has 0 spiro atoms. The molecule has 1 saturated heterocycles. The first-order valence-electron chi connectivity index (χ1n) is 5.04. The van der Waals surface area contributed by atoms with E-state index in [0.717, 1.165) is 10.9 Å². The van der Waals surface area contributed by atoms with Crippen molar-refractivity contribution in [2.24, 2.45) is 5.73 Å². The Labute approximate surface area is 100 Å². The maximum absolute atomic E-state index is 11.6. The quantitative estimate of drug-likeness (QED) is 0.333. The summed E-state index contributed by atoms with van der Waals surface area (Å²) < 4.78 is 5.90. The third-order valence-electron chi connectivity index (χ3n) is 2.70. The Kier molecular flexibility index (Phi) is 3.04. The molecule has 1 aliphatic heterocycles. The van der Waals surface area contributed by atoms with Gasteiger partial charge in [0.2, 0.25) is 5.95 Å². The highest BCUT2D eigenvalue weighted by molar-refractivity contribution is 5.10. The second-order valence-electron chi connectivity index (χ2n) is 3.95. The number of ether oxygens (including phenoxy) is 1. The van der Waals surface area contributed by atoms with Crippen LogP contribution in [0.4, 0.5) is 5.95 Å². The van der Waals surface area contributed by atoms with Crippen LogP contribution in [0.1, 0.15) is 6.23 Å². The van der Waals surface area contributed by atoms with Crippen molar-refractivity contribution in [3.63, 3.8) is 0 Å². The summed E-state index contributed by atoms with van der Waals surface area (Å²) >= 11 is 0. The highest BCUT2D eigenvalue weighted by Crippen LogP contribution is 2.33. The Balaban J connectivity index is 2.42. The zero-order valence-corrected chi connectivity index (χ0v) is 9.17. The first kappa shape index (κ1) is 12.9. The van der Waals surface area contributed by atoms with E-state index in [1.807, 2.05) is 0 Å². The fourth-order valence-corrected chi connectivity index (χ4v) is 1.74. The molecule has 18 heavy (non-hydrogen) atoms. The van der Waals surface area contributed by atoms with Gasteiger partial charge in [-0.25, -0.2) is 9.78 Å². The van der Waals surface area contributed by atoms with Crippen LogP contribution in [0.25, 0.3) is 0 Å². The van der Waals surface area contributed by atoms with E-state index in [1.165, 1.54) is 0 Å². The van der Waals surface area contributed by atoms with Crippen LogP contribution in [-0.4, -0.2) is 54.4 Å². The number of hydrogen-bond acceptors (Lipinski definition) is 9. The van der Waals surface area contributed by atoms with Gasteiger partial charge < -0.3 is 25.8 Å². The molecule has 1 aromatic rings. The monoisotopic (exact) mass is 259 g/mol. The van der Waals surface area contributed by atoms with Gasteiger partial charge in [-0.2, -0.15) is 4.98 Å². The predicted molar refractivity (Wildman–Crippen MR) is 56.8 cm³/mol. The van der Waals surface area contributed by atoms with E-state index < -0.39 is 36.5 Å². The Morgan fingerprint density at radius 1 is 1.61 bits per heavy atom. The molecule has 2 heterocycles. The van der Waals surface area contributed by atoms with Crippen molar-refractivity contribution >= 4 is 5.95 Å². The number of aliphatic hydroxyl groups excluding tert-OH is 2. The van der Waals surface area contributed by atoms with Gasteiger partial charge in [0.25, 0.3) is 0 Å². The number of nitrogen functional groups attached to an aromatic ring is 1. The summed E-state index contributed by atoms with van der Waals surface area (Å²) in [6.07, 6.45) is -3.11. The molecule has 10 nitrogen and oxygen atoms in total. The second-order valence-corrected chi connectivity index (χ2v) is 3.95. The molecule has 0 bridgehead atoms. The molecule has 4 atom stereocenters. The molecule has 2 rings (SSSR count). The maximum Gasteiger partial charge on any atom is 0.354 e. The molecule has 7 N–H and O–H groups in total. The second kappa shape index (κ2) is 4.26. The summed E-state index contributed by atoms with van der Waals surface area (Å²) in [5.41, 5.74) is 7.61. The summed E-state index contributed by atoms with van der Waals surface area (Å²) in [4.78, 5) is 18.5. The molecule has 10 heteroatoms. The first-order chi connectivity index (χ1) is 8.37. The molecule has 0 radical (unpaired) electrons. The van der Waals surface area contributed by atoms with Crippen LogP contribution in [-0.2, 0) is 4.74 Å². The largest absolute Gasteiger partial charge is 0.394 e. The van der Waals surface area contributed by atoms with Crippen LogP contribution >= 0.6 is 0 Å². The van der Waals surface area contributed by atoms with Gasteiger partial charge in [0, 0.05) is 0 Å². The van der Waals surface area contributed by atoms with Crippen LogP contribution < -0.4 is 17.2 Å². The lowest BCUT2D eigenvalue weighted by Crippen LogP contribution is -2.55. The van der Waals surface area contributed by atoms with Crippen molar-refractivity contribution in [1.29, 1.82) is 0 Å². The summed E-state index contributed by atoms with van der Waals surface area (Å²) in [5.74, 6) is -0.242. The minimum Gasteiger partial charge on any atom is -0.394 e. The lowest BCUT2D eigenvalue weighted by atomic mass is 10.1. The van der Waals surface area contributed by atoms with Crippen molar-refractivity contribution in [2.45, 2.75) is 24.2 Å². The minimum atomic E-state index is -2.25. The third kappa shape index (κ3) is 1.85. The zero-order chi connectivity index (χ0) is 13.5. The number of anilines is 1. The van der Waals surface area contributed by atoms with Gasteiger partial charge in [0.1, 0.15) is 18.5 Å². The number of aliphatic hydroxyl groups is 3. The standard InChI is InChI=1S/C8H13N5O5/c9-6-11-2-13(7(16)12-6)5-8(10,17)4(15)3(1-14)18-5/h2-5,14-15,17H,1,10H2,(H2,9,12,16). The van der Waals surface area contributed by atoms with E-state index in [1.54, 1.807) is 0 Å². The summed E-state index contributed by atoms with van der Waals surface area (Å²) in [6, 6.07) is 0. The van der Waals surface area contributed by atoms with Crippen molar-refractivity contribution < 1.29 is 20.1 Å². The molecule has 0 amide bonds. The van der Waals surface area contributed by atoms with Crippen molar-refractivity contribution in [1.82, 2.24) is 14.5 Å². The number of rotatable bonds is 2. The zero-order valence-electron chi connectivity index (χ0n) is 9.17. The molecule has 0 aliphatic carbocycles. The fraction of sp³-hybridized carbons (Fsp3) is 0.625. The van der Waals surface area contributed by atoms with Crippen molar-refractivity contribution in [3.8, 4) is 0 Å². The summed E-state index contributed by atoms with van der Waals surface area (Å²) in [6.45, 7) is -0.568. The third-order valence-corrected chi connectivity index (χ3v) is 2.70. The molecular weight excluding hydrogens is 246 g/mol. The lowest BCUT2D eigenvalue weighted by molar-refractivity contribution is -0.107. The van der Waals surface area contributed by atoms with Gasteiger partial charge in [0.15, 0.2) is 12.0 Å². The molecule has 1 fully saturated rings. The Morgan fingerprint density at radius 2 is 2.28 bits per heavy atom. The van der Waals surface area contributed by atoms with Crippen molar-refractivity contribution in [2.75, 3.05) is 12.3 Å². The van der Waals surface area contributed by atoms with E-state index in [9.17, 15) is 15.0 Å².